The van der Waals surface area contributed by atoms with E-state index in [1.54, 1.807) is 13.1 Å². The van der Waals surface area contributed by atoms with Crippen LogP contribution in [-0.2, 0) is 0 Å². The summed E-state index contributed by atoms with van der Waals surface area (Å²) in [4.78, 5) is 8.30. The van der Waals surface area contributed by atoms with Gasteiger partial charge in [-0.2, -0.15) is 4.98 Å². The number of aliphatic imine (C=N–C) groups is 1. The highest BCUT2D eigenvalue weighted by Gasteiger charge is 2.39. The minimum absolute atomic E-state index is 0.190. The van der Waals surface area contributed by atoms with Crippen molar-refractivity contribution in [2.45, 2.75) is 32.7 Å². The van der Waals surface area contributed by atoms with Gasteiger partial charge in [-0.1, -0.05) is 19.0 Å². The van der Waals surface area contributed by atoms with Crippen LogP contribution in [0.3, 0.4) is 0 Å². The first-order valence-corrected chi connectivity index (χ1v) is 5.56. The quantitative estimate of drug-likeness (QED) is 0.790. The summed E-state index contributed by atoms with van der Waals surface area (Å²) in [5.74, 6) is 1.72. The first-order valence-electron chi connectivity index (χ1n) is 5.56. The zero-order chi connectivity index (χ0) is 12.6. The van der Waals surface area contributed by atoms with Crippen LogP contribution in [0.1, 0.15) is 32.0 Å². The molecule has 2 heterocycles. The standard InChI is InChI=1S/C11H17N5O/c1-6(2)11(13)4-9(12)14-5-8(11)10-15-7(3)16-17-10/h5-6H,4,13H2,1-3H3,(H2,12,14). The molecule has 0 bridgehead atoms. The largest absolute Gasteiger partial charge is 0.387 e. The second-order valence-electron chi connectivity index (χ2n) is 4.68. The number of amidine groups is 1. The summed E-state index contributed by atoms with van der Waals surface area (Å²) in [5, 5.41) is 3.77. The van der Waals surface area contributed by atoms with Gasteiger partial charge >= 0.3 is 0 Å². The predicted molar refractivity (Wildman–Crippen MR) is 65.0 cm³/mol. The van der Waals surface area contributed by atoms with Gasteiger partial charge in [0.15, 0.2) is 5.82 Å². The topological polar surface area (TPSA) is 103 Å². The second-order valence-corrected chi connectivity index (χ2v) is 4.68. The van der Waals surface area contributed by atoms with Gasteiger partial charge in [-0.25, -0.2) is 4.99 Å². The van der Waals surface area contributed by atoms with Crippen molar-refractivity contribution in [3.8, 4) is 0 Å². The van der Waals surface area contributed by atoms with Crippen LogP contribution in [0.4, 0.5) is 0 Å². The lowest BCUT2D eigenvalue weighted by Crippen LogP contribution is -2.50. The monoisotopic (exact) mass is 235 g/mol. The minimum atomic E-state index is -0.606. The van der Waals surface area contributed by atoms with E-state index in [4.69, 9.17) is 16.0 Å². The van der Waals surface area contributed by atoms with Crippen LogP contribution >= 0.6 is 0 Å². The van der Waals surface area contributed by atoms with E-state index in [9.17, 15) is 0 Å². The molecule has 92 valence electrons. The lowest BCUT2D eigenvalue weighted by atomic mass is 9.76. The molecule has 0 amide bonds. The van der Waals surface area contributed by atoms with Crippen LogP contribution in [0, 0.1) is 12.8 Å². The molecule has 6 heteroatoms. The van der Waals surface area contributed by atoms with Gasteiger partial charge in [0.25, 0.3) is 5.89 Å². The average molecular weight is 235 g/mol. The fraction of sp³-hybridized carbons (Fsp3) is 0.545. The molecule has 0 saturated heterocycles. The summed E-state index contributed by atoms with van der Waals surface area (Å²) in [6.45, 7) is 5.84. The molecule has 1 atom stereocenters. The van der Waals surface area contributed by atoms with Crippen molar-refractivity contribution in [1.82, 2.24) is 10.1 Å². The van der Waals surface area contributed by atoms with E-state index in [0.29, 0.717) is 24.0 Å². The molecule has 0 spiro atoms. The lowest BCUT2D eigenvalue weighted by Gasteiger charge is -2.35. The van der Waals surface area contributed by atoms with Gasteiger partial charge in [0.2, 0.25) is 0 Å². The molecule has 6 nitrogen and oxygen atoms in total. The molecule has 1 aromatic heterocycles. The molecule has 0 saturated carbocycles. The number of aryl methyl sites for hydroxylation is 1. The molecule has 0 aromatic carbocycles. The second kappa shape index (κ2) is 3.96. The van der Waals surface area contributed by atoms with Crippen LogP contribution in [0.5, 0.6) is 0 Å². The van der Waals surface area contributed by atoms with Gasteiger partial charge < -0.3 is 16.0 Å². The molecule has 1 aromatic rings. The average Bonchev–Trinajstić information content (AvgIpc) is 2.64. The molecule has 0 aliphatic carbocycles. The predicted octanol–water partition coefficient (Wildman–Crippen LogP) is 0.833. The third kappa shape index (κ3) is 1.95. The normalized spacial score (nSPS) is 24.8. The molecule has 1 aliphatic rings. The highest BCUT2D eigenvalue weighted by Crippen LogP contribution is 2.35. The number of hydrogen-bond acceptors (Lipinski definition) is 6. The van der Waals surface area contributed by atoms with Crippen molar-refractivity contribution in [2.24, 2.45) is 22.4 Å². The van der Waals surface area contributed by atoms with Crippen LogP contribution in [0.15, 0.2) is 15.7 Å². The Kier molecular flexibility index (Phi) is 2.74. The van der Waals surface area contributed by atoms with E-state index in [1.807, 2.05) is 13.8 Å². The molecule has 1 unspecified atom stereocenters. The summed E-state index contributed by atoms with van der Waals surface area (Å²) in [5.41, 5.74) is 12.3. The molecule has 1 aliphatic heterocycles. The molecule has 2 rings (SSSR count). The SMILES string of the molecule is Cc1noc(C2=CN=C(N)CC2(N)C(C)C)n1. The maximum Gasteiger partial charge on any atom is 0.257 e. The van der Waals surface area contributed by atoms with Crippen LogP contribution < -0.4 is 11.5 Å². The summed E-state index contributed by atoms with van der Waals surface area (Å²) in [7, 11) is 0. The summed E-state index contributed by atoms with van der Waals surface area (Å²) >= 11 is 0. The maximum absolute atomic E-state index is 6.42. The van der Waals surface area contributed by atoms with Gasteiger partial charge in [-0.05, 0) is 12.8 Å². The summed E-state index contributed by atoms with van der Waals surface area (Å²) < 4.78 is 5.17. The minimum Gasteiger partial charge on any atom is -0.387 e. The van der Waals surface area contributed by atoms with Crippen molar-refractivity contribution in [3.05, 3.63) is 17.9 Å². The van der Waals surface area contributed by atoms with Gasteiger partial charge in [0.05, 0.1) is 11.1 Å². The molecular weight excluding hydrogens is 218 g/mol. The Labute approximate surface area is 99.8 Å². The maximum atomic E-state index is 6.42. The zero-order valence-corrected chi connectivity index (χ0v) is 10.3. The Morgan fingerprint density at radius 1 is 1.47 bits per heavy atom. The number of rotatable bonds is 2. The van der Waals surface area contributed by atoms with Gasteiger partial charge in [-0.15, -0.1) is 0 Å². The van der Waals surface area contributed by atoms with E-state index in [-0.39, 0.29) is 5.92 Å². The number of nitrogens with zero attached hydrogens (tertiary/aromatic N) is 3. The fourth-order valence-electron chi connectivity index (χ4n) is 1.88. The number of nitrogens with two attached hydrogens (primary N) is 2. The van der Waals surface area contributed by atoms with Crippen LogP contribution in [-0.4, -0.2) is 21.5 Å². The molecule has 4 N–H and O–H groups in total. The Hall–Kier alpha value is -1.69. The summed E-state index contributed by atoms with van der Waals surface area (Å²) in [6.07, 6.45) is 2.13. The van der Waals surface area contributed by atoms with Gasteiger partial charge in [0.1, 0.15) is 5.84 Å². The third-order valence-electron chi connectivity index (χ3n) is 3.12. The van der Waals surface area contributed by atoms with E-state index in [0.717, 1.165) is 5.57 Å². The van der Waals surface area contributed by atoms with E-state index in [1.165, 1.54) is 0 Å². The first-order chi connectivity index (χ1) is 7.93. The number of hydrogen-bond donors (Lipinski definition) is 2. The van der Waals surface area contributed by atoms with Gasteiger partial charge in [-0.3, -0.25) is 0 Å². The Morgan fingerprint density at radius 2 is 2.18 bits per heavy atom. The van der Waals surface area contributed by atoms with E-state index >= 15 is 0 Å². The van der Waals surface area contributed by atoms with Crippen molar-refractivity contribution < 1.29 is 4.52 Å². The van der Waals surface area contributed by atoms with Crippen molar-refractivity contribution in [2.75, 3.05) is 0 Å². The molecule has 17 heavy (non-hydrogen) atoms. The molecular formula is C11H17N5O. The van der Waals surface area contributed by atoms with Crippen LogP contribution in [0.25, 0.3) is 5.57 Å². The molecule has 0 radical (unpaired) electrons. The fourth-order valence-corrected chi connectivity index (χ4v) is 1.88. The van der Waals surface area contributed by atoms with Crippen molar-refractivity contribution in [1.29, 1.82) is 0 Å². The number of aromatic nitrogens is 2. The highest BCUT2D eigenvalue weighted by molar-refractivity contribution is 5.89. The lowest BCUT2D eigenvalue weighted by molar-refractivity contribution is 0.365. The first kappa shape index (κ1) is 11.8. The van der Waals surface area contributed by atoms with Crippen LogP contribution in [0.2, 0.25) is 0 Å². The Bertz CT molecular complexity index is 488. The molecule has 0 fully saturated rings. The van der Waals surface area contributed by atoms with E-state index in [2.05, 4.69) is 15.1 Å². The highest BCUT2D eigenvalue weighted by atomic mass is 16.5. The Balaban J connectivity index is 2.48. The van der Waals surface area contributed by atoms with E-state index < -0.39 is 5.54 Å². The Morgan fingerprint density at radius 3 is 2.71 bits per heavy atom. The summed E-state index contributed by atoms with van der Waals surface area (Å²) in [6, 6.07) is 0. The smallest absolute Gasteiger partial charge is 0.257 e. The van der Waals surface area contributed by atoms with Crippen molar-refractivity contribution >= 4 is 11.4 Å². The van der Waals surface area contributed by atoms with Gasteiger partial charge in [0, 0.05) is 12.6 Å². The zero-order valence-electron chi connectivity index (χ0n) is 10.3. The third-order valence-corrected chi connectivity index (χ3v) is 3.12. The van der Waals surface area contributed by atoms with Crippen molar-refractivity contribution in [3.63, 3.8) is 0 Å².